The van der Waals surface area contributed by atoms with Crippen LogP contribution in [-0.4, -0.2) is 51.1 Å². The molecule has 122 valence electrons. The maximum atomic E-state index is 11.8. The Labute approximate surface area is 125 Å². The summed E-state index contributed by atoms with van der Waals surface area (Å²) in [6.07, 6.45) is 0.637. The zero-order chi connectivity index (χ0) is 15.9. The molecular weight excluding hydrogens is 276 g/mol. The van der Waals surface area contributed by atoms with E-state index in [9.17, 15) is 9.59 Å². The standard InChI is InChI=1S/C14H26N2O5/c1-14(2)8-20-12(21-9-14)6-7-19-13(18)10(16-3)4-5-11(15)17/h10,12,16H,4-9H2,1-3H3,(H2,15,17)/t10-/m0/s1. The lowest BCUT2D eigenvalue weighted by Crippen LogP contribution is -2.39. The predicted octanol–water partition coefficient (Wildman–Crippen LogP) is 0.172. The number of nitrogens with two attached hydrogens (primary N) is 1. The van der Waals surface area contributed by atoms with E-state index in [2.05, 4.69) is 19.2 Å². The van der Waals surface area contributed by atoms with Gasteiger partial charge >= 0.3 is 5.97 Å². The first-order chi connectivity index (χ1) is 9.84. The van der Waals surface area contributed by atoms with Gasteiger partial charge in [-0.1, -0.05) is 13.8 Å². The van der Waals surface area contributed by atoms with Crippen molar-refractivity contribution in [3.63, 3.8) is 0 Å². The third kappa shape index (κ3) is 6.88. The van der Waals surface area contributed by atoms with Gasteiger partial charge in [-0.15, -0.1) is 0 Å². The Morgan fingerprint density at radius 3 is 2.52 bits per heavy atom. The highest BCUT2D eigenvalue weighted by Crippen LogP contribution is 2.23. The lowest BCUT2D eigenvalue weighted by atomic mass is 9.95. The average molecular weight is 302 g/mol. The molecule has 7 heteroatoms. The number of rotatable bonds is 8. The highest BCUT2D eigenvalue weighted by molar-refractivity contribution is 5.78. The molecule has 0 aliphatic carbocycles. The molecule has 21 heavy (non-hydrogen) atoms. The Hall–Kier alpha value is -1.18. The van der Waals surface area contributed by atoms with E-state index in [4.69, 9.17) is 19.9 Å². The third-order valence-electron chi connectivity index (χ3n) is 3.23. The van der Waals surface area contributed by atoms with E-state index in [-0.39, 0.29) is 24.7 Å². The Bertz CT molecular complexity index is 349. The molecule has 0 aromatic carbocycles. The number of hydrogen-bond acceptors (Lipinski definition) is 6. The Morgan fingerprint density at radius 1 is 1.38 bits per heavy atom. The van der Waals surface area contributed by atoms with Crippen LogP contribution in [0.5, 0.6) is 0 Å². The van der Waals surface area contributed by atoms with Crippen LogP contribution in [0.4, 0.5) is 0 Å². The molecular formula is C14H26N2O5. The van der Waals surface area contributed by atoms with Crippen molar-refractivity contribution < 1.29 is 23.8 Å². The molecule has 1 fully saturated rings. The van der Waals surface area contributed by atoms with E-state index >= 15 is 0 Å². The van der Waals surface area contributed by atoms with Gasteiger partial charge in [0.25, 0.3) is 0 Å². The zero-order valence-corrected chi connectivity index (χ0v) is 13.0. The minimum atomic E-state index is -0.523. The van der Waals surface area contributed by atoms with Gasteiger partial charge in [0.1, 0.15) is 6.04 Å². The second kappa shape index (κ2) is 8.31. The van der Waals surface area contributed by atoms with Crippen molar-refractivity contribution >= 4 is 11.9 Å². The normalized spacial score (nSPS) is 20.0. The summed E-state index contributed by atoms with van der Waals surface area (Å²) in [7, 11) is 1.64. The van der Waals surface area contributed by atoms with Crippen molar-refractivity contribution in [2.24, 2.45) is 11.1 Å². The fourth-order valence-electron chi connectivity index (χ4n) is 1.92. The van der Waals surface area contributed by atoms with Crippen LogP contribution in [0.25, 0.3) is 0 Å². The number of hydrogen-bond donors (Lipinski definition) is 2. The molecule has 1 rings (SSSR count). The molecule has 0 saturated carbocycles. The number of esters is 1. The Morgan fingerprint density at radius 2 is 2.00 bits per heavy atom. The SMILES string of the molecule is CN[C@@H](CCC(N)=O)C(=O)OCCC1OCC(C)(C)CO1. The van der Waals surface area contributed by atoms with E-state index in [0.29, 0.717) is 26.1 Å². The third-order valence-corrected chi connectivity index (χ3v) is 3.23. The molecule has 0 bridgehead atoms. The first-order valence-corrected chi connectivity index (χ1v) is 7.19. The van der Waals surface area contributed by atoms with Gasteiger partial charge in [-0.05, 0) is 13.5 Å². The summed E-state index contributed by atoms with van der Waals surface area (Å²) in [5.74, 6) is -0.829. The fraction of sp³-hybridized carbons (Fsp3) is 0.857. The van der Waals surface area contributed by atoms with Crippen molar-refractivity contribution in [3.05, 3.63) is 0 Å². The summed E-state index contributed by atoms with van der Waals surface area (Å²) in [4.78, 5) is 22.5. The number of primary amides is 1. The molecule has 0 radical (unpaired) electrons. The largest absolute Gasteiger partial charge is 0.464 e. The number of likely N-dealkylation sites (N-methyl/N-ethyl adjacent to an activating group) is 1. The van der Waals surface area contributed by atoms with Crippen LogP contribution in [0.15, 0.2) is 0 Å². The van der Waals surface area contributed by atoms with Crippen molar-refractivity contribution in [3.8, 4) is 0 Å². The first kappa shape index (κ1) is 17.9. The van der Waals surface area contributed by atoms with Crippen LogP contribution in [0.2, 0.25) is 0 Å². The van der Waals surface area contributed by atoms with Crippen LogP contribution in [0.1, 0.15) is 33.1 Å². The second-order valence-electron chi connectivity index (χ2n) is 6.02. The molecule has 1 atom stereocenters. The van der Waals surface area contributed by atoms with Crippen LogP contribution in [0.3, 0.4) is 0 Å². The molecule has 1 heterocycles. The summed E-state index contributed by atoms with van der Waals surface area (Å²) in [5, 5.41) is 2.81. The van der Waals surface area contributed by atoms with Gasteiger partial charge in [-0.2, -0.15) is 0 Å². The average Bonchev–Trinajstić information content (AvgIpc) is 2.41. The monoisotopic (exact) mass is 302 g/mol. The molecule has 0 spiro atoms. The molecule has 0 unspecified atom stereocenters. The number of amides is 1. The topological polar surface area (TPSA) is 99.9 Å². The molecule has 1 aliphatic rings. The number of carbonyl (C=O) groups excluding carboxylic acids is 2. The van der Waals surface area contributed by atoms with E-state index in [1.807, 2.05) is 0 Å². The van der Waals surface area contributed by atoms with E-state index < -0.39 is 17.9 Å². The molecule has 0 aromatic rings. The summed E-state index contributed by atoms with van der Waals surface area (Å²) in [6, 6.07) is -0.523. The van der Waals surface area contributed by atoms with Crippen LogP contribution >= 0.6 is 0 Å². The zero-order valence-electron chi connectivity index (χ0n) is 13.0. The molecule has 1 amide bonds. The molecule has 7 nitrogen and oxygen atoms in total. The van der Waals surface area contributed by atoms with Crippen LogP contribution in [-0.2, 0) is 23.8 Å². The number of ether oxygens (including phenoxy) is 3. The summed E-state index contributed by atoms with van der Waals surface area (Å²) < 4.78 is 16.3. The van der Waals surface area contributed by atoms with Gasteiger partial charge in [0, 0.05) is 18.3 Å². The quantitative estimate of drug-likeness (QED) is 0.620. The highest BCUT2D eigenvalue weighted by Gasteiger charge is 2.28. The summed E-state index contributed by atoms with van der Waals surface area (Å²) >= 11 is 0. The number of nitrogens with one attached hydrogen (secondary N) is 1. The molecule has 1 aliphatic heterocycles. The van der Waals surface area contributed by atoms with E-state index in [1.54, 1.807) is 7.05 Å². The van der Waals surface area contributed by atoms with Gasteiger partial charge in [0.05, 0.1) is 19.8 Å². The van der Waals surface area contributed by atoms with Gasteiger partial charge in [0.2, 0.25) is 5.91 Å². The van der Waals surface area contributed by atoms with Crippen molar-refractivity contribution in [1.82, 2.24) is 5.32 Å². The van der Waals surface area contributed by atoms with Gasteiger partial charge in [-0.25, -0.2) is 0 Å². The lowest BCUT2D eigenvalue weighted by molar-refractivity contribution is -0.227. The minimum Gasteiger partial charge on any atom is -0.464 e. The van der Waals surface area contributed by atoms with Gasteiger partial charge < -0.3 is 25.3 Å². The second-order valence-corrected chi connectivity index (χ2v) is 6.02. The minimum absolute atomic E-state index is 0.0269. The first-order valence-electron chi connectivity index (χ1n) is 7.19. The van der Waals surface area contributed by atoms with Crippen LogP contribution < -0.4 is 11.1 Å². The van der Waals surface area contributed by atoms with E-state index in [0.717, 1.165) is 0 Å². The van der Waals surface area contributed by atoms with Gasteiger partial charge in [0.15, 0.2) is 6.29 Å². The van der Waals surface area contributed by atoms with Crippen molar-refractivity contribution in [2.45, 2.75) is 45.4 Å². The molecule has 0 aromatic heterocycles. The Kier molecular flexibility index (Phi) is 7.07. The fourth-order valence-corrected chi connectivity index (χ4v) is 1.92. The van der Waals surface area contributed by atoms with Crippen LogP contribution in [0, 0.1) is 5.41 Å². The molecule has 3 N–H and O–H groups in total. The Balaban J connectivity index is 2.21. The highest BCUT2D eigenvalue weighted by atomic mass is 16.7. The van der Waals surface area contributed by atoms with Crippen molar-refractivity contribution in [2.75, 3.05) is 26.9 Å². The number of carbonyl (C=O) groups is 2. The van der Waals surface area contributed by atoms with Gasteiger partial charge in [-0.3, -0.25) is 9.59 Å². The van der Waals surface area contributed by atoms with Crippen molar-refractivity contribution in [1.29, 1.82) is 0 Å². The summed E-state index contributed by atoms with van der Waals surface area (Å²) in [6.45, 7) is 5.62. The predicted molar refractivity (Wildman–Crippen MR) is 76.3 cm³/mol. The smallest absolute Gasteiger partial charge is 0.323 e. The molecule has 1 saturated heterocycles. The van der Waals surface area contributed by atoms with E-state index in [1.165, 1.54) is 0 Å². The maximum Gasteiger partial charge on any atom is 0.323 e. The summed E-state index contributed by atoms with van der Waals surface area (Å²) in [5.41, 5.74) is 5.09. The lowest BCUT2D eigenvalue weighted by Gasteiger charge is -2.34. The maximum absolute atomic E-state index is 11.8.